The number of nitrogens with zero attached hydrogens (tertiary/aromatic N) is 1. The molecule has 0 saturated carbocycles. The van der Waals surface area contributed by atoms with E-state index in [4.69, 9.17) is 0 Å². The van der Waals surface area contributed by atoms with Crippen LogP contribution in [0.2, 0.25) is 0 Å². The fourth-order valence-electron chi connectivity index (χ4n) is 2.02. The van der Waals surface area contributed by atoms with Gasteiger partial charge in [-0.2, -0.15) is 0 Å². The summed E-state index contributed by atoms with van der Waals surface area (Å²) in [5.41, 5.74) is 0.976. The van der Waals surface area contributed by atoms with Crippen LogP contribution in [0, 0.1) is 12.7 Å². The molecule has 0 aliphatic heterocycles. The lowest BCUT2D eigenvalue weighted by molar-refractivity contribution is 0.553. The molecule has 0 saturated heterocycles. The average Bonchev–Trinajstić information content (AvgIpc) is 2.74. The summed E-state index contributed by atoms with van der Waals surface area (Å²) in [5, 5.41) is 4.49. The molecule has 1 unspecified atom stereocenters. The zero-order chi connectivity index (χ0) is 13.8. The summed E-state index contributed by atoms with van der Waals surface area (Å²) >= 11 is 5.02. The van der Waals surface area contributed by atoms with Crippen molar-refractivity contribution in [3.8, 4) is 0 Å². The highest BCUT2D eigenvalue weighted by Gasteiger charge is 2.14. The first-order chi connectivity index (χ1) is 9.08. The van der Waals surface area contributed by atoms with E-state index in [0.29, 0.717) is 0 Å². The lowest BCUT2D eigenvalue weighted by Gasteiger charge is -2.16. The Morgan fingerprint density at radius 2 is 2.21 bits per heavy atom. The SMILES string of the molecule is CCNC(Cc1cc(F)cc(Br)c1)c1cnc(C)s1. The molecule has 102 valence electrons. The number of likely N-dealkylation sites (N-methyl/N-ethyl adjacent to an activating group) is 1. The number of rotatable bonds is 5. The van der Waals surface area contributed by atoms with Crippen molar-refractivity contribution in [3.63, 3.8) is 0 Å². The molecule has 0 amide bonds. The van der Waals surface area contributed by atoms with Crippen LogP contribution >= 0.6 is 27.3 Å². The van der Waals surface area contributed by atoms with Gasteiger partial charge in [0.25, 0.3) is 0 Å². The molecular formula is C14H16BrFN2S. The Kier molecular flexibility index (Phi) is 5.07. The van der Waals surface area contributed by atoms with Crippen molar-refractivity contribution in [2.45, 2.75) is 26.3 Å². The van der Waals surface area contributed by atoms with Crippen LogP contribution in [-0.2, 0) is 6.42 Å². The van der Waals surface area contributed by atoms with E-state index in [-0.39, 0.29) is 11.9 Å². The molecule has 19 heavy (non-hydrogen) atoms. The summed E-state index contributed by atoms with van der Waals surface area (Å²) in [6, 6.07) is 5.21. The Morgan fingerprint density at radius 3 is 2.79 bits per heavy atom. The van der Waals surface area contributed by atoms with E-state index >= 15 is 0 Å². The van der Waals surface area contributed by atoms with Crippen LogP contribution < -0.4 is 5.32 Å². The van der Waals surface area contributed by atoms with Crippen LogP contribution in [0.4, 0.5) is 4.39 Å². The first-order valence-electron chi connectivity index (χ1n) is 6.19. The Bertz CT molecular complexity index is 536. The minimum atomic E-state index is -0.208. The summed E-state index contributed by atoms with van der Waals surface area (Å²) in [5.74, 6) is -0.208. The summed E-state index contributed by atoms with van der Waals surface area (Å²) in [6.07, 6.45) is 2.66. The summed E-state index contributed by atoms with van der Waals surface area (Å²) in [4.78, 5) is 5.49. The molecule has 0 spiro atoms. The Morgan fingerprint density at radius 1 is 1.42 bits per heavy atom. The zero-order valence-electron chi connectivity index (χ0n) is 10.9. The number of halogens is 2. The van der Waals surface area contributed by atoms with Gasteiger partial charge in [-0.1, -0.05) is 22.9 Å². The molecule has 5 heteroatoms. The molecule has 0 radical (unpaired) electrons. The molecule has 0 aliphatic rings. The Hall–Kier alpha value is -0.780. The number of nitrogens with one attached hydrogen (secondary N) is 1. The number of benzene rings is 1. The molecule has 2 aromatic rings. The first-order valence-corrected chi connectivity index (χ1v) is 7.80. The lowest BCUT2D eigenvalue weighted by atomic mass is 10.0. The highest BCUT2D eigenvalue weighted by Crippen LogP contribution is 2.25. The molecule has 1 heterocycles. The maximum absolute atomic E-state index is 13.4. The minimum absolute atomic E-state index is 0.185. The zero-order valence-corrected chi connectivity index (χ0v) is 13.3. The smallest absolute Gasteiger partial charge is 0.124 e. The van der Waals surface area contributed by atoms with Crippen LogP contribution in [0.3, 0.4) is 0 Å². The Balaban J connectivity index is 2.20. The van der Waals surface area contributed by atoms with E-state index < -0.39 is 0 Å². The van der Waals surface area contributed by atoms with Gasteiger partial charge in [0.15, 0.2) is 0 Å². The van der Waals surface area contributed by atoms with Crippen molar-refractivity contribution in [3.05, 3.63) is 50.1 Å². The maximum Gasteiger partial charge on any atom is 0.124 e. The van der Waals surface area contributed by atoms with Gasteiger partial charge < -0.3 is 5.32 Å². The monoisotopic (exact) mass is 342 g/mol. The van der Waals surface area contributed by atoms with Gasteiger partial charge in [-0.25, -0.2) is 9.37 Å². The summed E-state index contributed by atoms with van der Waals surface area (Å²) < 4.78 is 14.2. The van der Waals surface area contributed by atoms with Crippen LogP contribution in [0.5, 0.6) is 0 Å². The number of aryl methyl sites for hydroxylation is 1. The molecule has 1 N–H and O–H groups in total. The van der Waals surface area contributed by atoms with Crippen molar-refractivity contribution in [2.24, 2.45) is 0 Å². The predicted octanol–water partition coefficient (Wildman–Crippen LogP) is 4.25. The van der Waals surface area contributed by atoms with Crippen molar-refractivity contribution >= 4 is 27.3 Å². The third-order valence-electron chi connectivity index (χ3n) is 2.80. The maximum atomic E-state index is 13.4. The second-order valence-electron chi connectivity index (χ2n) is 4.37. The first kappa shape index (κ1) is 14.6. The highest BCUT2D eigenvalue weighted by molar-refractivity contribution is 9.10. The van der Waals surface area contributed by atoms with Gasteiger partial charge in [0.1, 0.15) is 5.82 Å². The second kappa shape index (κ2) is 6.59. The molecule has 1 aromatic heterocycles. The van der Waals surface area contributed by atoms with Crippen molar-refractivity contribution in [1.82, 2.24) is 10.3 Å². The van der Waals surface area contributed by atoms with Gasteiger partial charge in [-0.3, -0.25) is 0 Å². The Labute approximate surface area is 125 Å². The van der Waals surface area contributed by atoms with Crippen molar-refractivity contribution < 1.29 is 4.39 Å². The fourth-order valence-corrected chi connectivity index (χ4v) is 3.40. The predicted molar refractivity (Wildman–Crippen MR) is 81.1 cm³/mol. The van der Waals surface area contributed by atoms with E-state index in [9.17, 15) is 4.39 Å². The van der Waals surface area contributed by atoms with Crippen LogP contribution in [0.1, 0.15) is 28.4 Å². The topological polar surface area (TPSA) is 24.9 Å². The number of thiazole rings is 1. The lowest BCUT2D eigenvalue weighted by Crippen LogP contribution is -2.22. The van der Waals surface area contributed by atoms with E-state index in [0.717, 1.165) is 28.0 Å². The molecule has 1 aromatic carbocycles. The van der Waals surface area contributed by atoms with Crippen LogP contribution in [-0.4, -0.2) is 11.5 Å². The van der Waals surface area contributed by atoms with Crippen molar-refractivity contribution in [1.29, 1.82) is 0 Å². The fraction of sp³-hybridized carbons (Fsp3) is 0.357. The van der Waals surface area contributed by atoms with Gasteiger partial charge >= 0.3 is 0 Å². The van der Waals surface area contributed by atoms with Gasteiger partial charge in [-0.05, 0) is 43.7 Å². The average molecular weight is 343 g/mol. The van der Waals surface area contributed by atoms with E-state index in [1.54, 1.807) is 17.4 Å². The molecule has 2 nitrogen and oxygen atoms in total. The third-order valence-corrected chi connectivity index (χ3v) is 4.28. The summed E-state index contributed by atoms with van der Waals surface area (Å²) in [7, 11) is 0. The van der Waals surface area contributed by atoms with Crippen LogP contribution in [0.25, 0.3) is 0 Å². The third kappa shape index (κ3) is 4.09. The van der Waals surface area contributed by atoms with Crippen LogP contribution in [0.15, 0.2) is 28.9 Å². The van der Waals surface area contributed by atoms with Gasteiger partial charge in [0, 0.05) is 21.6 Å². The molecule has 0 fully saturated rings. The van der Waals surface area contributed by atoms with Gasteiger partial charge in [0.05, 0.1) is 5.01 Å². The molecule has 2 rings (SSSR count). The van der Waals surface area contributed by atoms with E-state index in [1.807, 2.05) is 19.2 Å². The highest BCUT2D eigenvalue weighted by atomic mass is 79.9. The molecule has 0 bridgehead atoms. The number of hydrogen-bond acceptors (Lipinski definition) is 3. The van der Waals surface area contributed by atoms with Gasteiger partial charge in [-0.15, -0.1) is 11.3 Å². The largest absolute Gasteiger partial charge is 0.309 e. The number of aromatic nitrogens is 1. The van der Waals surface area contributed by atoms with Gasteiger partial charge in [0.2, 0.25) is 0 Å². The number of hydrogen-bond donors (Lipinski definition) is 1. The normalized spacial score (nSPS) is 12.6. The van der Waals surface area contributed by atoms with Crippen molar-refractivity contribution in [2.75, 3.05) is 6.54 Å². The van der Waals surface area contributed by atoms with E-state index in [1.165, 1.54) is 10.9 Å². The summed E-state index contributed by atoms with van der Waals surface area (Å²) in [6.45, 7) is 4.94. The second-order valence-corrected chi connectivity index (χ2v) is 6.56. The molecule has 1 atom stereocenters. The quantitative estimate of drug-likeness (QED) is 0.878. The molecule has 0 aliphatic carbocycles. The standard InChI is InChI=1S/C14H16BrFN2S/c1-3-17-13(14-8-18-9(2)19-14)6-10-4-11(15)7-12(16)5-10/h4-5,7-8,13,17H,3,6H2,1-2H3. The van der Waals surface area contributed by atoms with E-state index in [2.05, 4.69) is 33.2 Å². The molecular weight excluding hydrogens is 327 g/mol. The minimum Gasteiger partial charge on any atom is -0.309 e.